The average molecular weight is 570 g/mol. The van der Waals surface area contributed by atoms with Crippen molar-refractivity contribution in [3.05, 3.63) is 101 Å². The Hall–Kier alpha value is -3.36. The highest BCUT2D eigenvalue weighted by molar-refractivity contribution is 7.92. The summed E-state index contributed by atoms with van der Waals surface area (Å²) >= 11 is 6.13. The van der Waals surface area contributed by atoms with Gasteiger partial charge in [-0.25, -0.2) is 8.42 Å². The quantitative estimate of drug-likeness (QED) is 0.338. The van der Waals surface area contributed by atoms with Crippen LogP contribution in [0.4, 0.5) is 5.69 Å². The minimum Gasteiger partial charge on any atom is -0.354 e. The molecular weight excluding hydrogens is 534 g/mol. The minimum atomic E-state index is -3.84. The van der Waals surface area contributed by atoms with Crippen LogP contribution in [0.25, 0.3) is 0 Å². The van der Waals surface area contributed by atoms with Crippen LogP contribution in [0.5, 0.6) is 0 Å². The van der Waals surface area contributed by atoms with E-state index in [4.69, 9.17) is 11.6 Å². The Bertz CT molecular complexity index is 1380. The van der Waals surface area contributed by atoms with Crippen molar-refractivity contribution in [3.8, 4) is 0 Å². The first kappa shape index (κ1) is 30.2. The van der Waals surface area contributed by atoms with E-state index in [1.54, 1.807) is 18.2 Å². The number of hydrogen-bond acceptors (Lipinski definition) is 4. The molecular formula is C30H36ClN3O4S. The maximum Gasteiger partial charge on any atom is 0.244 e. The summed E-state index contributed by atoms with van der Waals surface area (Å²) < 4.78 is 26.6. The van der Waals surface area contributed by atoms with Gasteiger partial charge in [-0.05, 0) is 42.2 Å². The monoisotopic (exact) mass is 569 g/mol. The van der Waals surface area contributed by atoms with Crippen molar-refractivity contribution in [1.29, 1.82) is 0 Å². The first-order valence-corrected chi connectivity index (χ1v) is 15.1. The zero-order valence-corrected chi connectivity index (χ0v) is 24.4. The Morgan fingerprint density at radius 1 is 0.923 bits per heavy atom. The average Bonchev–Trinajstić information content (AvgIpc) is 2.87. The van der Waals surface area contributed by atoms with Crippen LogP contribution in [0.2, 0.25) is 5.02 Å². The van der Waals surface area contributed by atoms with Crippen molar-refractivity contribution in [1.82, 2.24) is 10.2 Å². The number of halogens is 1. The third-order valence-corrected chi connectivity index (χ3v) is 7.54. The summed E-state index contributed by atoms with van der Waals surface area (Å²) in [5.74, 6) is -0.569. The summed E-state index contributed by atoms with van der Waals surface area (Å²) in [5.41, 5.74) is 3.02. The highest BCUT2D eigenvalue weighted by Crippen LogP contribution is 2.23. The second-order valence-corrected chi connectivity index (χ2v) is 12.4. The van der Waals surface area contributed by atoms with Crippen LogP contribution in [0.3, 0.4) is 0 Å². The summed E-state index contributed by atoms with van der Waals surface area (Å²) in [6.45, 7) is 6.06. The third kappa shape index (κ3) is 9.11. The van der Waals surface area contributed by atoms with E-state index in [2.05, 4.69) is 5.32 Å². The second-order valence-electron chi connectivity index (χ2n) is 10.1. The summed E-state index contributed by atoms with van der Waals surface area (Å²) in [4.78, 5) is 29.1. The lowest BCUT2D eigenvalue weighted by Gasteiger charge is -2.33. The van der Waals surface area contributed by atoms with Crippen LogP contribution in [0, 0.1) is 12.8 Å². The van der Waals surface area contributed by atoms with Gasteiger partial charge in [-0.3, -0.25) is 13.9 Å². The van der Waals surface area contributed by atoms with Gasteiger partial charge in [-0.15, -0.1) is 0 Å². The summed E-state index contributed by atoms with van der Waals surface area (Å²) in [7, 11) is -3.84. The van der Waals surface area contributed by atoms with E-state index in [0.29, 0.717) is 11.6 Å². The smallest absolute Gasteiger partial charge is 0.244 e. The summed E-state index contributed by atoms with van der Waals surface area (Å²) in [6, 6.07) is 22.7. The summed E-state index contributed by atoms with van der Waals surface area (Å²) in [6.07, 6.45) is 1.32. The number of rotatable bonds is 12. The van der Waals surface area contributed by atoms with Crippen molar-refractivity contribution >= 4 is 39.1 Å². The van der Waals surface area contributed by atoms with Gasteiger partial charge in [0, 0.05) is 24.5 Å². The first-order valence-electron chi connectivity index (χ1n) is 12.8. The lowest BCUT2D eigenvalue weighted by molar-refractivity contribution is -0.140. The predicted molar refractivity (Wildman–Crippen MR) is 157 cm³/mol. The van der Waals surface area contributed by atoms with E-state index in [1.807, 2.05) is 75.4 Å². The topological polar surface area (TPSA) is 86.8 Å². The molecule has 0 spiro atoms. The van der Waals surface area contributed by atoms with Gasteiger partial charge in [0.25, 0.3) is 0 Å². The number of hydrogen-bond donors (Lipinski definition) is 1. The molecule has 0 aromatic heterocycles. The van der Waals surface area contributed by atoms with Gasteiger partial charge in [0.1, 0.15) is 12.6 Å². The van der Waals surface area contributed by atoms with Gasteiger partial charge in [0.05, 0.1) is 11.9 Å². The molecule has 0 bridgehead atoms. The Morgan fingerprint density at radius 3 is 2.21 bits per heavy atom. The molecule has 0 heterocycles. The summed E-state index contributed by atoms with van der Waals surface area (Å²) in [5, 5.41) is 3.32. The van der Waals surface area contributed by atoms with E-state index in [-0.39, 0.29) is 30.5 Å². The van der Waals surface area contributed by atoms with Gasteiger partial charge in [-0.1, -0.05) is 91.7 Å². The van der Waals surface area contributed by atoms with Crippen LogP contribution in [0.15, 0.2) is 78.9 Å². The molecule has 0 aliphatic carbocycles. The molecule has 39 heavy (non-hydrogen) atoms. The minimum absolute atomic E-state index is 0.139. The number of carbonyl (C=O) groups excluding carboxylic acids is 2. The molecule has 7 nitrogen and oxygen atoms in total. The first-order chi connectivity index (χ1) is 18.4. The van der Waals surface area contributed by atoms with Gasteiger partial charge in [0.2, 0.25) is 21.8 Å². The molecule has 0 unspecified atom stereocenters. The van der Waals surface area contributed by atoms with Crippen molar-refractivity contribution in [2.45, 2.75) is 39.8 Å². The molecule has 0 radical (unpaired) electrons. The van der Waals surface area contributed by atoms with Crippen molar-refractivity contribution in [2.24, 2.45) is 5.92 Å². The Morgan fingerprint density at radius 2 is 1.59 bits per heavy atom. The molecule has 3 aromatic carbocycles. The lowest BCUT2D eigenvalue weighted by atomic mass is 10.0. The number of carbonyl (C=O) groups is 2. The molecule has 3 rings (SSSR count). The zero-order valence-electron chi connectivity index (χ0n) is 22.8. The molecule has 0 aliphatic heterocycles. The maximum absolute atomic E-state index is 14.0. The van der Waals surface area contributed by atoms with Crippen molar-refractivity contribution in [3.63, 3.8) is 0 Å². The molecule has 0 aliphatic rings. The van der Waals surface area contributed by atoms with Gasteiger partial charge < -0.3 is 10.2 Å². The van der Waals surface area contributed by atoms with Crippen LogP contribution >= 0.6 is 11.6 Å². The number of nitrogens with zero attached hydrogens (tertiary/aromatic N) is 2. The molecule has 0 saturated carbocycles. The third-order valence-electron chi connectivity index (χ3n) is 6.17. The molecule has 0 fully saturated rings. The molecule has 9 heteroatoms. The number of benzene rings is 3. The van der Waals surface area contributed by atoms with Crippen LogP contribution < -0.4 is 9.62 Å². The standard InChI is InChI=1S/C30H36ClN3O4S/c1-22(2)19-32-30(36)28(17-24-11-6-5-7-12-24)33(20-25-13-8-10-23(3)16-25)29(35)21-34(39(4,37)38)27-15-9-14-26(31)18-27/h5-16,18,22,28H,17,19-21H2,1-4H3,(H,32,36)/t28-/m1/s1. The predicted octanol–water partition coefficient (Wildman–Crippen LogP) is 4.83. The normalized spacial score (nSPS) is 12.2. The van der Waals surface area contributed by atoms with E-state index < -0.39 is 28.5 Å². The van der Waals surface area contributed by atoms with Crippen molar-refractivity contribution < 1.29 is 18.0 Å². The highest BCUT2D eigenvalue weighted by Gasteiger charge is 2.33. The van der Waals surface area contributed by atoms with Crippen LogP contribution in [-0.2, 0) is 32.6 Å². The van der Waals surface area contributed by atoms with Gasteiger partial charge in [-0.2, -0.15) is 0 Å². The fraction of sp³-hybridized carbons (Fsp3) is 0.333. The largest absolute Gasteiger partial charge is 0.354 e. The molecule has 1 N–H and O–H groups in total. The number of nitrogens with one attached hydrogen (secondary N) is 1. The van der Waals surface area contributed by atoms with Crippen LogP contribution in [0.1, 0.15) is 30.5 Å². The fourth-order valence-corrected chi connectivity index (χ4v) is 5.25. The SMILES string of the molecule is Cc1cccc(CN(C(=O)CN(c2cccc(Cl)c2)S(C)(=O)=O)[C@H](Cc2ccccc2)C(=O)NCC(C)C)c1. The number of sulfonamides is 1. The molecule has 3 aromatic rings. The second kappa shape index (κ2) is 13.6. The molecule has 0 saturated heterocycles. The van der Waals surface area contributed by atoms with E-state index in [0.717, 1.165) is 27.3 Å². The number of aryl methyl sites for hydroxylation is 1. The van der Waals surface area contributed by atoms with Crippen molar-refractivity contribution in [2.75, 3.05) is 23.7 Å². The molecule has 2 amide bonds. The Balaban J connectivity index is 2.05. The van der Waals surface area contributed by atoms with E-state index in [9.17, 15) is 18.0 Å². The van der Waals surface area contributed by atoms with Gasteiger partial charge in [0.15, 0.2) is 0 Å². The van der Waals surface area contributed by atoms with Crippen LogP contribution in [-0.4, -0.2) is 50.5 Å². The number of amides is 2. The molecule has 208 valence electrons. The zero-order chi connectivity index (χ0) is 28.6. The Kier molecular flexibility index (Phi) is 10.5. The highest BCUT2D eigenvalue weighted by atomic mass is 35.5. The number of anilines is 1. The van der Waals surface area contributed by atoms with E-state index in [1.165, 1.54) is 11.0 Å². The van der Waals surface area contributed by atoms with Gasteiger partial charge >= 0.3 is 0 Å². The Labute approximate surface area is 236 Å². The van der Waals surface area contributed by atoms with E-state index >= 15 is 0 Å². The maximum atomic E-state index is 14.0. The lowest BCUT2D eigenvalue weighted by Crippen LogP contribution is -2.53. The fourth-order valence-electron chi connectivity index (χ4n) is 4.23. The molecule has 1 atom stereocenters.